The maximum absolute atomic E-state index is 14.6. The summed E-state index contributed by atoms with van der Waals surface area (Å²) in [6.07, 6.45) is 8.73. The predicted octanol–water partition coefficient (Wildman–Crippen LogP) is 6.18. The van der Waals surface area contributed by atoms with Crippen LogP contribution in [0.5, 0.6) is 0 Å². The number of unbranched alkanes of at least 4 members (excludes halogenated alkanes) is 3. The number of carbonyl (C=O) groups excluding carboxylic acids is 3. The van der Waals surface area contributed by atoms with Gasteiger partial charge in [0, 0.05) is 44.6 Å². The van der Waals surface area contributed by atoms with Crippen LogP contribution in [-0.2, 0) is 33.3 Å². The number of alkyl halides is 2. The minimum absolute atomic E-state index is 0.180. The van der Waals surface area contributed by atoms with Gasteiger partial charge in [0.05, 0.1) is 13.2 Å². The van der Waals surface area contributed by atoms with Gasteiger partial charge in [0.15, 0.2) is 6.29 Å². The molecule has 1 saturated heterocycles. The molecule has 1 aliphatic heterocycles. The molecule has 1 saturated carbocycles. The maximum atomic E-state index is 14.6. The number of ether oxygens (including phenoxy) is 4. The van der Waals surface area contributed by atoms with Crippen LogP contribution in [0.3, 0.4) is 0 Å². The first-order valence-electron chi connectivity index (χ1n) is 14.2. The summed E-state index contributed by atoms with van der Waals surface area (Å²) in [6, 6.07) is 0. The standard InChI is InChI=1S/C29H46F2O7/c1-5-20(2)19-29(30,31)26(33)16-15-23-22(12-8-6-7-9-13-27(34)35-4)24(37-21(3)32)18-25(23)38-28-14-10-11-17-36-28/h15-16,20,22-25,28H,5-14,17-19H2,1-4H3/t20-,22+,23-,24+,25+,28?/m0/s1. The Morgan fingerprint density at radius 2 is 1.84 bits per heavy atom. The van der Waals surface area contributed by atoms with Crippen LogP contribution in [0.15, 0.2) is 12.2 Å². The van der Waals surface area contributed by atoms with Crippen LogP contribution in [0.4, 0.5) is 8.78 Å². The van der Waals surface area contributed by atoms with Gasteiger partial charge in [-0.25, -0.2) is 0 Å². The van der Waals surface area contributed by atoms with Crippen molar-refractivity contribution < 1.29 is 42.1 Å². The van der Waals surface area contributed by atoms with E-state index in [1.165, 1.54) is 14.0 Å². The molecule has 1 aliphatic carbocycles. The van der Waals surface area contributed by atoms with Gasteiger partial charge in [-0.1, -0.05) is 45.6 Å². The molecular formula is C29H46F2O7. The highest BCUT2D eigenvalue weighted by atomic mass is 19.3. The van der Waals surface area contributed by atoms with Crippen molar-refractivity contribution in [1.82, 2.24) is 0 Å². The Labute approximate surface area is 226 Å². The fourth-order valence-electron chi connectivity index (χ4n) is 5.35. The molecule has 0 amide bonds. The van der Waals surface area contributed by atoms with E-state index < -0.39 is 42.6 Å². The normalized spacial score (nSPS) is 26.8. The van der Waals surface area contributed by atoms with Crippen molar-refractivity contribution >= 4 is 17.7 Å². The van der Waals surface area contributed by atoms with Crippen LogP contribution in [0, 0.1) is 17.8 Å². The van der Waals surface area contributed by atoms with Gasteiger partial charge >= 0.3 is 17.9 Å². The second kappa shape index (κ2) is 16.3. The molecule has 1 unspecified atom stereocenters. The predicted molar refractivity (Wildman–Crippen MR) is 138 cm³/mol. The maximum Gasteiger partial charge on any atom is 0.309 e. The van der Waals surface area contributed by atoms with E-state index >= 15 is 0 Å². The zero-order chi connectivity index (χ0) is 28.1. The summed E-state index contributed by atoms with van der Waals surface area (Å²) in [5.41, 5.74) is 0. The lowest BCUT2D eigenvalue weighted by Gasteiger charge is -2.29. The SMILES string of the molecule is CC[C@H](C)CC(F)(F)C(=O)C=C[C@H]1[C@@H](CCCCCCC(=O)OC)[C@H](OC(C)=O)C[C@H]1OC1CCCCO1. The molecule has 9 heteroatoms. The van der Waals surface area contributed by atoms with Crippen molar-refractivity contribution in [2.24, 2.45) is 17.8 Å². The molecule has 0 N–H and O–H groups in total. The van der Waals surface area contributed by atoms with Crippen LogP contribution in [0.1, 0.15) is 97.8 Å². The van der Waals surface area contributed by atoms with E-state index in [2.05, 4.69) is 4.74 Å². The summed E-state index contributed by atoms with van der Waals surface area (Å²) in [5, 5.41) is 0. The minimum Gasteiger partial charge on any atom is -0.469 e. The van der Waals surface area contributed by atoms with Crippen LogP contribution in [-0.4, -0.2) is 55.9 Å². The fourth-order valence-corrected chi connectivity index (χ4v) is 5.35. The number of carbonyl (C=O) groups is 3. The molecule has 2 aliphatic rings. The average Bonchev–Trinajstić information content (AvgIpc) is 3.18. The average molecular weight is 545 g/mol. The van der Waals surface area contributed by atoms with Gasteiger partial charge in [-0.3, -0.25) is 14.4 Å². The quantitative estimate of drug-likeness (QED) is 0.130. The summed E-state index contributed by atoms with van der Waals surface area (Å²) >= 11 is 0. The molecule has 7 nitrogen and oxygen atoms in total. The molecule has 2 rings (SSSR count). The Balaban J connectivity index is 2.15. The first kappa shape index (κ1) is 32.3. The van der Waals surface area contributed by atoms with Crippen molar-refractivity contribution in [2.45, 2.75) is 122 Å². The number of hydrogen-bond acceptors (Lipinski definition) is 7. The van der Waals surface area contributed by atoms with E-state index in [0.29, 0.717) is 32.3 Å². The van der Waals surface area contributed by atoms with E-state index in [1.54, 1.807) is 13.0 Å². The summed E-state index contributed by atoms with van der Waals surface area (Å²) in [6.45, 7) is 5.48. The Kier molecular flexibility index (Phi) is 13.9. The Bertz CT molecular complexity index is 779. The van der Waals surface area contributed by atoms with Gasteiger partial charge in [-0.05, 0) is 44.1 Å². The lowest BCUT2D eigenvalue weighted by Crippen LogP contribution is -2.32. The van der Waals surface area contributed by atoms with Gasteiger partial charge < -0.3 is 18.9 Å². The number of esters is 2. The number of rotatable bonds is 16. The van der Waals surface area contributed by atoms with Crippen LogP contribution in [0.2, 0.25) is 0 Å². The van der Waals surface area contributed by atoms with Crippen molar-refractivity contribution in [3.63, 3.8) is 0 Å². The summed E-state index contributed by atoms with van der Waals surface area (Å²) in [4.78, 5) is 35.7. The molecular weight excluding hydrogens is 498 g/mol. The number of ketones is 1. The number of methoxy groups -OCH3 is 1. The third kappa shape index (κ3) is 10.7. The topological polar surface area (TPSA) is 88.1 Å². The zero-order valence-electron chi connectivity index (χ0n) is 23.4. The highest BCUT2D eigenvalue weighted by molar-refractivity contribution is 5.95. The third-order valence-electron chi connectivity index (χ3n) is 7.68. The Morgan fingerprint density at radius 3 is 2.47 bits per heavy atom. The lowest BCUT2D eigenvalue weighted by molar-refractivity contribution is -0.193. The first-order chi connectivity index (χ1) is 18.1. The summed E-state index contributed by atoms with van der Waals surface area (Å²) < 4.78 is 51.5. The smallest absolute Gasteiger partial charge is 0.309 e. The van der Waals surface area contributed by atoms with Gasteiger partial charge in [-0.2, -0.15) is 8.78 Å². The minimum atomic E-state index is -3.43. The molecule has 0 aromatic rings. The molecule has 0 aromatic heterocycles. The molecule has 0 aromatic carbocycles. The third-order valence-corrected chi connectivity index (χ3v) is 7.68. The molecule has 2 fully saturated rings. The molecule has 1 heterocycles. The van der Waals surface area contributed by atoms with Crippen molar-refractivity contribution in [1.29, 1.82) is 0 Å². The van der Waals surface area contributed by atoms with Gasteiger partial charge in [0.25, 0.3) is 0 Å². The largest absolute Gasteiger partial charge is 0.469 e. The zero-order valence-corrected chi connectivity index (χ0v) is 23.4. The molecule has 6 atom stereocenters. The Morgan fingerprint density at radius 1 is 1.11 bits per heavy atom. The molecule has 0 spiro atoms. The molecule has 38 heavy (non-hydrogen) atoms. The fraction of sp³-hybridized carbons (Fsp3) is 0.828. The summed E-state index contributed by atoms with van der Waals surface area (Å²) in [5.74, 6) is -6.11. The van der Waals surface area contributed by atoms with Gasteiger partial charge in [0.2, 0.25) is 5.78 Å². The van der Waals surface area contributed by atoms with Crippen LogP contribution in [0.25, 0.3) is 0 Å². The second-order valence-corrected chi connectivity index (χ2v) is 10.8. The van der Waals surface area contributed by atoms with E-state index in [9.17, 15) is 23.2 Å². The second-order valence-electron chi connectivity index (χ2n) is 10.8. The van der Waals surface area contributed by atoms with Crippen LogP contribution < -0.4 is 0 Å². The summed E-state index contributed by atoms with van der Waals surface area (Å²) in [7, 11) is 1.37. The molecule has 0 bridgehead atoms. The lowest BCUT2D eigenvalue weighted by atomic mass is 9.87. The van der Waals surface area contributed by atoms with Crippen LogP contribution >= 0.6 is 0 Å². The van der Waals surface area contributed by atoms with E-state index in [4.69, 9.17) is 14.2 Å². The highest BCUT2D eigenvalue weighted by Crippen LogP contribution is 2.42. The molecule has 0 radical (unpaired) electrons. The Hall–Kier alpha value is -1.87. The van der Waals surface area contributed by atoms with Gasteiger partial charge in [0.1, 0.15) is 6.10 Å². The first-order valence-corrected chi connectivity index (χ1v) is 14.2. The number of allylic oxidation sites excluding steroid dienone is 1. The van der Waals surface area contributed by atoms with E-state index in [0.717, 1.165) is 51.0 Å². The number of hydrogen-bond donors (Lipinski definition) is 0. The highest BCUT2D eigenvalue weighted by Gasteiger charge is 2.46. The van der Waals surface area contributed by atoms with E-state index in [1.807, 2.05) is 6.92 Å². The van der Waals surface area contributed by atoms with E-state index in [-0.39, 0.29) is 23.7 Å². The number of halogens is 2. The monoisotopic (exact) mass is 544 g/mol. The molecule has 218 valence electrons. The van der Waals surface area contributed by atoms with Crippen molar-refractivity contribution in [2.75, 3.05) is 13.7 Å². The van der Waals surface area contributed by atoms with Crippen molar-refractivity contribution in [3.05, 3.63) is 12.2 Å². The van der Waals surface area contributed by atoms with Gasteiger partial charge in [-0.15, -0.1) is 0 Å². The van der Waals surface area contributed by atoms with Crippen molar-refractivity contribution in [3.8, 4) is 0 Å².